The topological polar surface area (TPSA) is 41.3 Å². The second-order valence-corrected chi connectivity index (χ2v) is 7.71. The number of rotatable bonds is 2. The highest BCUT2D eigenvalue weighted by atomic mass is 32.1. The molecule has 0 aromatic heterocycles. The normalized spacial score (nSPS) is 21.0. The van der Waals surface area contributed by atoms with Crippen molar-refractivity contribution in [2.75, 3.05) is 26.2 Å². The summed E-state index contributed by atoms with van der Waals surface area (Å²) in [7, 11) is 0. The number of benzene rings is 2. The van der Waals surface area contributed by atoms with Crippen LogP contribution in [0, 0.1) is 23.3 Å². The van der Waals surface area contributed by atoms with Crippen molar-refractivity contribution in [1.29, 1.82) is 0 Å². The molecule has 2 saturated heterocycles. The molecule has 0 spiro atoms. The lowest BCUT2D eigenvalue weighted by molar-refractivity contribution is 0.506. The van der Waals surface area contributed by atoms with Gasteiger partial charge in [0.2, 0.25) is 0 Å². The van der Waals surface area contributed by atoms with E-state index in [1.807, 2.05) is 4.90 Å². The van der Waals surface area contributed by atoms with E-state index in [0.29, 0.717) is 29.3 Å². The van der Waals surface area contributed by atoms with Gasteiger partial charge in [-0.3, -0.25) is 0 Å². The van der Waals surface area contributed by atoms with Gasteiger partial charge in [-0.25, -0.2) is 17.6 Å². The molecule has 2 fully saturated rings. The monoisotopic (exact) mass is 425 g/mol. The van der Waals surface area contributed by atoms with Crippen LogP contribution >= 0.6 is 12.2 Å². The van der Waals surface area contributed by atoms with E-state index in [0.717, 1.165) is 44.1 Å². The molecule has 0 radical (unpaired) electrons. The molecule has 2 aliphatic heterocycles. The average molecular weight is 425 g/mol. The summed E-state index contributed by atoms with van der Waals surface area (Å²) in [5.74, 6) is -1.33. The van der Waals surface area contributed by atoms with Gasteiger partial charge in [0, 0.05) is 31.5 Å². The smallest absolute Gasteiger partial charge is 0.166 e. The van der Waals surface area contributed by atoms with Gasteiger partial charge in [-0.1, -0.05) is 0 Å². The second-order valence-electron chi connectivity index (χ2n) is 7.29. The van der Waals surface area contributed by atoms with Gasteiger partial charge >= 0.3 is 0 Å². The van der Waals surface area contributed by atoms with E-state index in [1.165, 1.54) is 18.2 Å². The molecule has 0 saturated carbocycles. The van der Waals surface area contributed by atoms with Crippen molar-refractivity contribution in [2.45, 2.75) is 24.7 Å². The maximum absolute atomic E-state index is 13.5. The Morgan fingerprint density at radius 1 is 0.931 bits per heavy atom. The molecule has 8 heteroatoms. The zero-order valence-electron chi connectivity index (χ0n) is 15.8. The standard InChI is InChI=1S/C11H12F2N2S.C10H11F2N/c12-8-1-2-10(13)9(5-8)7-3-4-15(6-7)11(14)16;11-8-1-2-10(12)9(5-8)7-3-4-13-6-7/h1-2,5,7H,3-4,6H2,(H2,14,16);1-2,5,7,13H,3-4,6H2. The summed E-state index contributed by atoms with van der Waals surface area (Å²) < 4.78 is 52.6. The van der Waals surface area contributed by atoms with E-state index >= 15 is 0 Å². The first-order valence-corrected chi connectivity index (χ1v) is 9.91. The van der Waals surface area contributed by atoms with Crippen molar-refractivity contribution in [1.82, 2.24) is 10.2 Å². The first-order chi connectivity index (χ1) is 13.8. The Morgan fingerprint density at radius 2 is 1.52 bits per heavy atom. The molecule has 4 rings (SSSR count). The Kier molecular flexibility index (Phi) is 7.08. The lowest BCUT2D eigenvalue weighted by Crippen LogP contribution is -2.33. The summed E-state index contributed by atoms with van der Waals surface area (Å²) in [5.41, 5.74) is 6.42. The number of nitrogens with one attached hydrogen (secondary N) is 1. The third kappa shape index (κ3) is 5.45. The van der Waals surface area contributed by atoms with Crippen LogP contribution in [0.25, 0.3) is 0 Å². The highest BCUT2D eigenvalue weighted by molar-refractivity contribution is 7.80. The van der Waals surface area contributed by atoms with E-state index < -0.39 is 5.82 Å². The zero-order valence-corrected chi connectivity index (χ0v) is 16.6. The van der Waals surface area contributed by atoms with Crippen LogP contribution in [0.2, 0.25) is 0 Å². The molecule has 156 valence electrons. The highest BCUT2D eigenvalue weighted by Gasteiger charge is 2.26. The van der Waals surface area contributed by atoms with Crippen LogP contribution in [0.5, 0.6) is 0 Å². The molecule has 3 N–H and O–H groups in total. The summed E-state index contributed by atoms with van der Waals surface area (Å²) in [6.07, 6.45) is 1.64. The lowest BCUT2D eigenvalue weighted by atomic mass is 9.98. The molecule has 2 aromatic carbocycles. The van der Waals surface area contributed by atoms with E-state index in [2.05, 4.69) is 5.32 Å². The van der Waals surface area contributed by atoms with Crippen LogP contribution in [0.4, 0.5) is 17.6 Å². The minimum absolute atomic E-state index is 0.0304. The molecule has 2 atom stereocenters. The molecule has 0 amide bonds. The number of hydrogen-bond acceptors (Lipinski definition) is 2. The summed E-state index contributed by atoms with van der Waals surface area (Å²) in [6.45, 7) is 2.91. The van der Waals surface area contributed by atoms with Gasteiger partial charge < -0.3 is 16.0 Å². The summed E-state index contributed by atoms with van der Waals surface area (Å²) in [6, 6.07) is 7.19. The van der Waals surface area contributed by atoms with E-state index in [1.54, 1.807) is 0 Å². The Morgan fingerprint density at radius 3 is 2.00 bits per heavy atom. The van der Waals surface area contributed by atoms with E-state index in [9.17, 15) is 17.6 Å². The maximum Gasteiger partial charge on any atom is 0.166 e. The Balaban J connectivity index is 0.000000169. The van der Waals surface area contributed by atoms with Crippen molar-refractivity contribution in [3.63, 3.8) is 0 Å². The molecule has 0 aliphatic carbocycles. The third-order valence-corrected chi connectivity index (χ3v) is 5.61. The number of nitrogens with zero attached hydrogens (tertiary/aromatic N) is 1. The minimum atomic E-state index is -0.412. The third-order valence-electron chi connectivity index (χ3n) is 5.36. The lowest BCUT2D eigenvalue weighted by Gasteiger charge is -2.16. The van der Waals surface area contributed by atoms with Crippen LogP contribution in [0.3, 0.4) is 0 Å². The van der Waals surface area contributed by atoms with Crippen molar-refractivity contribution in [3.05, 3.63) is 70.8 Å². The molecule has 2 unspecified atom stereocenters. The SMILES string of the molecule is Fc1ccc(F)c(C2CCNC2)c1.NC(=S)N1CCC(c2cc(F)ccc2F)C1. The van der Waals surface area contributed by atoms with E-state index in [4.69, 9.17) is 18.0 Å². The van der Waals surface area contributed by atoms with Gasteiger partial charge in [0.05, 0.1) is 0 Å². The number of nitrogens with two attached hydrogens (primary N) is 1. The molecule has 2 aliphatic rings. The van der Waals surface area contributed by atoms with Gasteiger partial charge in [0.1, 0.15) is 23.3 Å². The molecule has 29 heavy (non-hydrogen) atoms. The molecule has 2 aromatic rings. The van der Waals surface area contributed by atoms with Crippen LogP contribution in [-0.2, 0) is 0 Å². The van der Waals surface area contributed by atoms with Crippen LogP contribution < -0.4 is 11.1 Å². The van der Waals surface area contributed by atoms with Gasteiger partial charge in [-0.15, -0.1) is 0 Å². The van der Waals surface area contributed by atoms with Crippen molar-refractivity contribution in [2.24, 2.45) is 5.73 Å². The predicted octanol–water partition coefficient (Wildman–Crippen LogP) is 4.04. The molecular formula is C21H23F4N3S. The van der Waals surface area contributed by atoms with Crippen molar-refractivity contribution in [3.8, 4) is 0 Å². The fourth-order valence-electron chi connectivity index (χ4n) is 3.79. The second kappa shape index (κ2) is 9.54. The molecule has 2 heterocycles. The zero-order chi connectivity index (χ0) is 21.0. The number of likely N-dealkylation sites (tertiary alicyclic amines) is 1. The molecule has 0 bridgehead atoms. The van der Waals surface area contributed by atoms with Crippen LogP contribution in [0.15, 0.2) is 36.4 Å². The Bertz CT molecular complexity index is 871. The predicted molar refractivity (Wildman–Crippen MR) is 109 cm³/mol. The quantitative estimate of drug-likeness (QED) is 0.563. The number of hydrogen-bond donors (Lipinski definition) is 2. The Labute approximate surface area is 172 Å². The minimum Gasteiger partial charge on any atom is -0.376 e. The van der Waals surface area contributed by atoms with Gasteiger partial charge in [-0.2, -0.15) is 0 Å². The number of halogens is 4. The van der Waals surface area contributed by atoms with Gasteiger partial charge in [0.15, 0.2) is 5.11 Å². The van der Waals surface area contributed by atoms with Gasteiger partial charge in [0.25, 0.3) is 0 Å². The van der Waals surface area contributed by atoms with E-state index in [-0.39, 0.29) is 29.3 Å². The van der Waals surface area contributed by atoms with Crippen LogP contribution in [-0.4, -0.2) is 36.2 Å². The first-order valence-electron chi connectivity index (χ1n) is 9.50. The summed E-state index contributed by atoms with van der Waals surface area (Å²) >= 11 is 4.85. The molecular weight excluding hydrogens is 402 g/mol. The van der Waals surface area contributed by atoms with Crippen molar-refractivity contribution >= 4 is 17.3 Å². The van der Waals surface area contributed by atoms with Crippen LogP contribution in [0.1, 0.15) is 35.8 Å². The highest BCUT2D eigenvalue weighted by Crippen LogP contribution is 2.29. The fraction of sp³-hybridized carbons (Fsp3) is 0.381. The molecule has 3 nitrogen and oxygen atoms in total. The largest absolute Gasteiger partial charge is 0.376 e. The Hall–Kier alpha value is -2.19. The van der Waals surface area contributed by atoms with Gasteiger partial charge in [-0.05, 0) is 79.1 Å². The average Bonchev–Trinajstić information content (AvgIpc) is 3.38. The summed E-state index contributed by atoms with van der Waals surface area (Å²) in [5, 5.41) is 3.45. The first kappa shape index (κ1) is 21.5. The maximum atomic E-state index is 13.5. The summed E-state index contributed by atoms with van der Waals surface area (Å²) in [4.78, 5) is 1.81. The number of thiocarbonyl (C=S) groups is 1. The fourth-order valence-corrected chi connectivity index (χ4v) is 3.96. The van der Waals surface area contributed by atoms with Crippen molar-refractivity contribution < 1.29 is 17.6 Å².